The van der Waals surface area contributed by atoms with Crippen molar-refractivity contribution in [3.63, 3.8) is 0 Å². The molecule has 31 heavy (non-hydrogen) atoms. The molecule has 0 aliphatic heterocycles. The summed E-state index contributed by atoms with van der Waals surface area (Å²) >= 11 is 0. The number of ether oxygens (including phenoxy) is 2. The lowest BCUT2D eigenvalue weighted by atomic mass is 10.1. The van der Waals surface area contributed by atoms with Gasteiger partial charge in [-0.25, -0.2) is 4.99 Å². The van der Waals surface area contributed by atoms with Crippen LogP contribution in [0, 0.1) is 6.92 Å². The highest BCUT2D eigenvalue weighted by Gasteiger charge is 2.05. The van der Waals surface area contributed by atoms with Gasteiger partial charge in [-0.1, -0.05) is 29.8 Å². The average Bonchev–Trinajstić information content (AvgIpc) is 2.75. The molecule has 2 aromatic rings. The number of hydrogen-bond acceptors (Lipinski definition) is 4. The van der Waals surface area contributed by atoms with E-state index in [4.69, 9.17) is 9.47 Å². The van der Waals surface area contributed by atoms with Crippen LogP contribution in [0.3, 0.4) is 0 Å². The monoisotopic (exact) mass is 540 g/mol. The molecule has 0 unspecified atom stereocenters. The molecule has 0 atom stereocenters. The van der Waals surface area contributed by atoms with Crippen LogP contribution in [0.2, 0.25) is 0 Å². The maximum Gasteiger partial charge on any atom is 0.243 e. The van der Waals surface area contributed by atoms with Crippen molar-refractivity contribution < 1.29 is 14.3 Å². The van der Waals surface area contributed by atoms with Crippen LogP contribution in [0.15, 0.2) is 53.5 Å². The topological polar surface area (TPSA) is 75.2 Å². The normalized spacial score (nSPS) is 10.6. The SMILES string of the molecule is COc1ccc(CCNC(=NCC(=O)N(C)C)NCCOc2ccc(C)cc2)cc1.I. The molecule has 0 radical (unpaired) electrons. The lowest BCUT2D eigenvalue weighted by Crippen LogP contribution is -2.41. The number of carbonyl (C=O) groups excluding carboxylic acids is 1. The molecule has 7 nitrogen and oxygen atoms in total. The van der Waals surface area contributed by atoms with Gasteiger partial charge in [-0.2, -0.15) is 0 Å². The third-order valence-electron chi connectivity index (χ3n) is 4.42. The third-order valence-corrected chi connectivity index (χ3v) is 4.42. The van der Waals surface area contributed by atoms with Gasteiger partial charge in [0.05, 0.1) is 13.7 Å². The van der Waals surface area contributed by atoms with Crippen molar-refractivity contribution in [1.82, 2.24) is 15.5 Å². The van der Waals surface area contributed by atoms with Gasteiger partial charge < -0.3 is 25.0 Å². The second-order valence-electron chi connectivity index (χ2n) is 7.07. The Morgan fingerprint density at radius 3 is 2.19 bits per heavy atom. The van der Waals surface area contributed by atoms with Gasteiger partial charge in [0.25, 0.3) is 0 Å². The van der Waals surface area contributed by atoms with E-state index in [0.29, 0.717) is 25.7 Å². The first-order chi connectivity index (χ1) is 14.5. The molecular weight excluding hydrogens is 507 g/mol. The number of amides is 1. The lowest BCUT2D eigenvalue weighted by molar-refractivity contribution is -0.127. The van der Waals surface area contributed by atoms with Gasteiger partial charge in [0, 0.05) is 20.6 Å². The third kappa shape index (κ3) is 10.4. The molecule has 8 heteroatoms. The quantitative estimate of drug-likeness (QED) is 0.210. The Hall–Kier alpha value is -2.49. The number of benzene rings is 2. The highest BCUT2D eigenvalue weighted by molar-refractivity contribution is 14.0. The predicted octanol–water partition coefficient (Wildman–Crippen LogP) is 2.87. The molecule has 0 aromatic heterocycles. The van der Waals surface area contributed by atoms with Gasteiger partial charge in [0.15, 0.2) is 5.96 Å². The summed E-state index contributed by atoms with van der Waals surface area (Å²) in [4.78, 5) is 17.8. The van der Waals surface area contributed by atoms with Crippen molar-refractivity contribution in [1.29, 1.82) is 0 Å². The summed E-state index contributed by atoms with van der Waals surface area (Å²) in [6.07, 6.45) is 0.826. The first-order valence-corrected chi connectivity index (χ1v) is 10.0. The zero-order chi connectivity index (χ0) is 21.8. The minimum atomic E-state index is -0.0536. The molecule has 2 rings (SSSR count). The molecule has 0 saturated carbocycles. The fourth-order valence-corrected chi connectivity index (χ4v) is 2.55. The number of guanidine groups is 1. The van der Waals surface area contributed by atoms with Crippen LogP contribution in [-0.2, 0) is 11.2 Å². The molecule has 0 aliphatic rings. The van der Waals surface area contributed by atoms with Crippen molar-refractivity contribution >= 4 is 35.8 Å². The van der Waals surface area contributed by atoms with Crippen molar-refractivity contribution in [3.05, 3.63) is 59.7 Å². The second kappa shape index (κ2) is 14.5. The summed E-state index contributed by atoms with van der Waals surface area (Å²) in [6.45, 7) is 3.87. The minimum Gasteiger partial charge on any atom is -0.497 e. The molecule has 0 heterocycles. The minimum absolute atomic E-state index is 0. The van der Waals surface area contributed by atoms with Gasteiger partial charge in [0.1, 0.15) is 24.7 Å². The van der Waals surface area contributed by atoms with E-state index in [2.05, 4.69) is 15.6 Å². The van der Waals surface area contributed by atoms with Gasteiger partial charge in [0.2, 0.25) is 5.91 Å². The van der Waals surface area contributed by atoms with Crippen molar-refractivity contribution in [2.24, 2.45) is 4.99 Å². The zero-order valence-electron chi connectivity index (χ0n) is 18.7. The van der Waals surface area contributed by atoms with Crippen molar-refractivity contribution in [2.45, 2.75) is 13.3 Å². The summed E-state index contributed by atoms with van der Waals surface area (Å²) in [6, 6.07) is 15.9. The number of nitrogens with zero attached hydrogens (tertiary/aromatic N) is 2. The van der Waals surface area contributed by atoms with E-state index in [9.17, 15) is 4.79 Å². The van der Waals surface area contributed by atoms with Crippen molar-refractivity contribution in [2.75, 3.05) is 47.4 Å². The Balaban J connectivity index is 0.00000480. The van der Waals surface area contributed by atoms with Gasteiger partial charge in [-0.05, 0) is 43.2 Å². The molecule has 0 fully saturated rings. The molecule has 0 saturated heterocycles. The maximum atomic E-state index is 11.9. The summed E-state index contributed by atoms with van der Waals surface area (Å²) in [7, 11) is 5.09. The van der Waals surface area contributed by atoms with Crippen LogP contribution >= 0.6 is 24.0 Å². The van der Waals surface area contributed by atoms with Crippen LogP contribution in [0.4, 0.5) is 0 Å². The molecule has 0 bridgehead atoms. The summed E-state index contributed by atoms with van der Waals surface area (Å²) < 4.78 is 10.9. The fraction of sp³-hybridized carbons (Fsp3) is 0.391. The number of aliphatic imine (C=N–C) groups is 1. The first kappa shape index (κ1) is 26.5. The van der Waals surface area contributed by atoms with Crippen LogP contribution in [0.5, 0.6) is 11.5 Å². The lowest BCUT2D eigenvalue weighted by Gasteiger charge is -2.14. The van der Waals surface area contributed by atoms with Crippen LogP contribution < -0.4 is 20.1 Å². The van der Waals surface area contributed by atoms with Crippen LogP contribution in [0.25, 0.3) is 0 Å². The van der Waals surface area contributed by atoms with E-state index >= 15 is 0 Å². The van der Waals surface area contributed by atoms with Crippen LogP contribution in [-0.4, -0.2) is 64.2 Å². The van der Waals surface area contributed by atoms with Crippen molar-refractivity contribution in [3.8, 4) is 11.5 Å². The first-order valence-electron chi connectivity index (χ1n) is 10.0. The Bertz CT molecular complexity index is 809. The Morgan fingerprint density at radius 1 is 0.968 bits per heavy atom. The average molecular weight is 540 g/mol. The molecule has 0 spiro atoms. The van der Waals surface area contributed by atoms with Gasteiger partial charge in [-0.15, -0.1) is 24.0 Å². The molecule has 0 aliphatic carbocycles. The highest BCUT2D eigenvalue weighted by atomic mass is 127. The number of likely N-dealkylation sites (N-methyl/N-ethyl adjacent to an activating group) is 1. The molecule has 2 N–H and O–H groups in total. The largest absolute Gasteiger partial charge is 0.497 e. The Kier molecular flexibility index (Phi) is 12.4. The second-order valence-corrected chi connectivity index (χ2v) is 7.07. The van der Waals surface area contributed by atoms with Crippen LogP contribution in [0.1, 0.15) is 11.1 Å². The number of nitrogens with one attached hydrogen (secondary N) is 2. The zero-order valence-corrected chi connectivity index (χ0v) is 21.0. The number of rotatable bonds is 10. The van der Waals surface area contributed by atoms with Gasteiger partial charge in [-0.3, -0.25) is 4.79 Å². The Morgan fingerprint density at radius 2 is 1.58 bits per heavy atom. The number of carbonyl (C=O) groups is 1. The van der Waals surface area contributed by atoms with E-state index in [0.717, 1.165) is 17.9 Å². The fourth-order valence-electron chi connectivity index (χ4n) is 2.55. The molecule has 170 valence electrons. The number of hydrogen-bond donors (Lipinski definition) is 2. The highest BCUT2D eigenvalue weighted by Crippen LogP contribution is 2.11. The standard InChI is InChI=1S/C23H32N4O3.HI/c1-18-5-9-21(10-6-18)30-16-15-25-23(26-17-22(28)27(2)3)24-14-13-19-7-11-20(29-4)12-8-19;/h5-12H,13-17H2,1-4H3,(H2,24,25,26);1H. The van der Waals surface area contributed by atoms with E-state index < -0.39 is 0 Å². The number of methoxy groups -OCH3 is 1. The Labute approximate surface area is 202 Å². The maximum absolute atomic E-state index is 11.9. The summed E-state index contributed by atoms with van der Waals surface area (Å²) in [5, 5.41) is 6.50. The molecular formula is C23H33IN4O3. The molecule has 2 aromatic carbocycles. The molecule has 1 amide bonds. The number of aryl methyl sites for hydroxylation is 1. The predicted molar refractivity (Wildman–Crippen MR) is 136 cm³/mol. The van der Waals surface area contributed by atoms with E-state index in [-0.39, 0.29) is 36.4 Å². The summed E-state index contributed by atoms with van der Waals surface area (Å²) in [5.74, 6) is 2.20. The number of halogens is 1. The van der Waals surface area contributed by atoms with Gasteiger partial charge >= 0.3 is 0 Å². The smallest absolute Gasteiger partial charge is 0.243 e. The van der Waals surface area contributed by atoms with E-state index in [1.807, 2.05) is 55.5 Å². The summed E-state index contributed by atoms with van der Waals surface area (Å²) in [5.41, 5.74) is 2.39. The van der Waals surface area contributed by atoms with E-state index in [1.54, 1.807) is 21.2 Å². The van der Waals surface area contributed by atoms with E-state index in [1.165, 1.54) is 16.0 Å².